The Hall–Kier alpha value is -1.52. The Balaban J connectivity index is 2.30. The van der Waals surface area contributed by atoms with Crippen molar-refractivity contribution < 1.29 is 9.63 Å². The van der Waals surface area contributed by atoms with E-state index in [1.165, 1.54) is 7.11 Å². The summed E-state index contributed by atoms with van der Waals surface area (Å²) in [5, 5.41) is 1.70. The maximum absolute atomic E-state index is 11.3. The third-order valence-corrected chi connectivity index (χ3v) is 2.50. The molecule has 1 N–H and O–H groups in total. The van der Waals surface area contributed by atoms with Crippen LogP contribution in [-0.2, 0) is 16.2 Å². The first-order valence-electron chi connectivity index (χ1n) is 4.77. The van der Waals surface area contributed by atoms with Crippen molar-refractivity contribution in [1.29, 1.82) is 0 Å². The Morgan fingerprint density at radius 2 is 2.31 bits per heavy atom. The molecule has 0 atom stereocenters. The third kappa shape index (κ3) is 2.18. The van der Waals surface area contributed by atoms with Gasteiger partial charge in [0.25, 0.3) is 5.91 Å². The van der Waals surface area contributed by atoms with Gasteiger partial charge >= 0.3 is 0 Å². The van der Waals surface area contributed by atoms with E-state index in [0.29, 0.717) is 5.02 Å². The lowest BCUT2D eigenvalue weighted by atomic mass is 10.2. The second-order valence-corrected chi connectivity index (χ2v) is 3.81. The Labute approximate surface area is 97.7 Å². The first-order chi connectivity index (χ1) is 7.70. The average Bonchev–Trinajstić information content (AvgIpc) is 2.61. The summed E-state index contributed by atoms with van der Waals surface area (Å²) in [6.07, 6.45) is 1.84. The highest BCUT2D eigenvalue weighted by Crippen LogP contribution is 2.20. The second kappa shape index (κ2) is 4.55. The van der Waals surface area contributed by atoms with E-state index >= 15 is 0 Å². The van der Waals surface area contributed by atoms with Crippen LogP contribution >= 0.6 is 11.6 Å². The van der Waals surface area contributed by atoms with Gasteiger partial charge in [-0.2, -0.15) is 0 Å². The van der Waals surface area contributed by atoms with E-state index in [1.807, 2.05) is 35.0 Å². The topological polar surface area (TPSA) is 43.3 Å². The molecular weight excluding hydrogens is 228 g/mol. The molecule has 2 aromatic rings. The zero-order valence-corrected chi connectivity index (χ0v) is 9.49. The molecule has 16 heavy (non-hydrogen) atoms. The van der Waals surface area contributed by atoms with Gasteiger partial charge in [-0.3, -0.25) is 9.63 Å². The molecule has 1 amide bonds. The van der Waals surface area contributed by atoms with Crippen molar-refractivity contribution in [1.82, 2.24) is 10.0 Å². The summed E-state index contributed by atoms with van der Waals surface area (Å²) in [6.45, 7) is 0.206. The minimum absolute atomic E-state index is 0.206. The Kier molecular flexibility index (Phi) is 3.12. The molecule has 0 radical (unpaired) electrons. The number of aromatic nitrogens is 1. The first kappa shape index (κ1) is 11.0. The van der Waals surface area contributed by atoms with Crippen LogP contribution in [0.15, 0.2) is 30.5 Å². The van der Waals surface area contributed by atoms with Crippen LogP contribution in [0.2, 0.25) is 5.02 Å². The molecule has 1 aromatic heterocycles. The molecule has 5 heteroatoms. The standard InChI is InChI=1S/C11H11ClN2O2/c1-16-13-11(15)7-14-5-4-8-2-3-9(12)6-10(8)14/h2-6H,7H2,1H3,(H,13,15). The zero-order chi connectivity index (χ0) is 11.5. The van der Waals surface area contributed by atoms with Crippen molar-refractivity contribution in [2.24, 2.45) is 0 Å². The molecule has 0 aliphatic heterocycles. The quantitative estimate of drug-likeness (QED) is 0.831. The summed E-state index contributed by atoms with van der Waals surface area (Å²) in [4.78, 5) is 15.9. The summed E-state index contributed by atoms with van der Waals surface area (Å²) in [7, 11) is 1.41. The third-order valence-electron chi connectivity index (χ3n) is 2.27. The second-order valence-electron chi connectivity index (χ2n) is 3.38. The number of hydrogen-bond donors (Lipinski definition) is 1. The molecule has 0 spiro atoms. The van der Waals surface area contributed by atoms with Crippen LogP contribution in [0.4, 0.5) is 0 Å². The molecule has 0 aliphatic carbocycles. The fourth-order valence-corrected chi connectivity index (χ4v) is 1.76. The van der Waals surface area contributed by atoms with Gasteiger partial charge in [-0.25, -0.2) is 5.48 Å². The number of fused-ring (bicyclic) bond motifs is 1. The van der Waals surface area contributed by atoms with Crippen LogP contribution in [-0.4, -0.2) is 17.6 Å². The Morgan fingerprint density at radius 3 is 3.06 bits per heavy atom. The summed E-state index contributed by atoms with van der Waals surface area (Å²) < 4.78 is 1.82. The minimum Gasteiger partial charge on any atom is -0.338 e. The van der Waals surface area contributed by atoms with Gasteiger partial charge in [0.2, 0.25) is 0 Å². The van der Waals surface area contributed by atoms with Crippen molar-refractivity contribution in [3.63, 3.8) is 0 Å². The number of nitrogens with one attached hydrogen (secondary N) is 1. The van der Waals surface area contributed by atoms with Gasteiger partial charge in [0.05, 0.1) is 7.11 Å². The highest BCUT2D eigenvalue weighted by molar-refractivity contribution is 6.31. The molecule has 4 nitrogen and oxygen atoms in total. The van der Waals surface area contributed by atoms with Gasteiger partial charge in [-0.1, -0.05) is 17.7 Å². The number of hydroxylamine groups is 1. The van der Waals surface area contributed by atoms with E-state index in [2.05, 4.69) is 10.3 Å². The summed E-state index contributed by atoms with van der Waals surface area (Å²) in [6, 6.07) is 7.51. The largest absolute Gasteiger partial charge is 0.338 e. The van der Waals surface area contributed by atoms with Gasteiger partial charge in [0, 0.05) is 16.7 Å². The number of benzene rings is 1. The maximum Gasteiger partial charge on any atom is 0.263 e. The van der Waals surface area contributed by atoms with Gasteiger partial charge in [-0.05, 0) is 23.6 Å². The van der Waals surface area contributed by atoms with Crippen LogP contribution in [0, 0.1) is 0 Å². The summed E-state index contributed by atoms with van der Waals surface area (Å²) in [5.41, 5.74) is 3.20. The lowest BCUT2D eigenvalue weighted by molar-refractivity contribution is -0.131. The lowest BCUT2D eigenvalue weighted by Gasteiger charge is -2.05. The predicted molar refractivity (Wildman–Crippen MR) is 62.1 cm³/mol. The maximum atomic E-state index is 11.3. The number of rotatable bonds is 3. The number of hydrogen-bond acceptors (Lipinski definition) is 2. The highest BCUT2D eigenvalue weighted by Gasteiger charge is 2.05. The van der Waals surface area contributed by atoms with Crippen LogP contribution in [0.25, 0.3) is 10.9 Å². The predicted octanol–water partition coefficient (Wildman–Crippen LogP) is 1.97. The van der Waals surface area contributed by atoms with E-state index in [1.54, 1.807) is 0 Å². The number of carbonyl (C=O) groups excluding carboxylic acids is 1. The Morgan fingerprint density at radius 1 is 1.50 bits per heavy atom. The van der Waals surface area contributed by atoms with E-state index in [9.17, 15) is 4.79 Å². The van der Waals surface area contributed by atoms with Crippen molar-refractivity contribution in [3.8, 4) is 0 Å². The van der Waals surface area contributed by atoms with Crippen molar-refractivity contribution in [3.05, 3.63) is 35.5 Å². The fourth-order valence-electron chi connectivity index (χ4n) is 1.60. The summed E-state index contributed by atoms with van der Waals surface area (Å²) in [5.74, 6) is -0.208. The highest BCUT2D eigenvalue weighted by atomic mass is 35.5. The molecule has 1 aromatic carbocycles. The first-order valence-corrected chi connectivity index (χ1v) is 5.15. The van der Waals surface area contributed by atoms with Crippen LogP contribution < -0.4 is 5.48 Å². The van der Waals surface area contributed by atoms with Gasteiger partial charge in [0.1, 0.15) is 6.54 Å². The average molecular weight is 239 g/mol. The van der Waals surface area contributed by atoms with Crippen LogP contribution in [0.1, 0.15) is 0 Å². The van der Waals surface area contributed by atoms with Crippen molar-refractivity contribution >= 4 is 28.4 Å². The van der Waals surface area contributed by atoms with E-state index in [4.69, 9.17) is 11.6 Å². The number of carbonyl (C=O) groups is 1. The molecule has 2 rings (SSSR count). The molecule has 0 saturated carbocycles. The molecule has 0 aliphatic rings. The van der Waals surface area contributed by atoms with E-state index < -0.39 is 0 Å². The molecule has 0 saturated heterocycles. The number of nitrogens with zero attached hydrogens (tertiary/aromatic N) is 1. The van der Waals surface area contributed by atoms with Gasteiger partial charge < -0.3 is 4.57 Å². The number of amides is 1. The molecule has 1 heterocycles. The van der Waals surface area contributed by atoms with Crippen LogP contribution in [0.5, 0.6) is 0 Å². The normalized spacial score (nSPS) is 10.6. The molecule has 0 fully saturated rings. The molecule has 0 bridgehead atoms. The Bertz CT molecular complexity index is 522. The van der Waals surface area contributed by atoms with E-state index in [0.717, 1.165) is 10.9 Å². The van der Waals surface area contributed by atoms with Crippen molar-refractivity contribution in [2.45, 2.75) is 6.54 Å². The summed E-state index contributed by atoms with van der Waals surface area (Å²) >= 11 is 5.91. The number of halogens is 1. The smallest absolute Gasteiger partial charge is 0.263 e. The molecular formula is C11H11ClN2O2. The SMILES string of the molecule is CONC(=O)Cn1ccc2ccc(Cl)cc21. The van der Waals surface area contributed by atoms with Gasteiger partial charge in [-0.15, -0.1) is 0 Å². The van der Waals surface area contributed by atoms with Crippen LogP contribution in [0.3, 0.4) is 0 Å². The van der Waals surface area contributed by atoms with Gasteiger partial charge in [0.15, 0.2) is 0 Å². The fraction of sp³-hybridized carbons (Fsp3) is 0.182. The minimum atomic E-state index is -0.208. The molecule has 84 valence electrons. The molecule has 0 unspecified atom stereocenters. The van der Waals surface area contributed by atoms with Crippen molar-refractivity contribution in [2.75, 3.05) is 7.11 Å². The van der Waals surface area contributed by atoms with E-state index in [-0.39, 0.29) is 12.5 Å². The zero-order valence-electron chi connectivity index (χ0n) is 8.74. The lowest BCUT2D eigenvalue weighted by Crippen LogP contribution is -2.26. The monoisotopic (exact) mass is 238 g/mol.